The average Bonchev–Trinajstić information content (AvgIpc) is 2.05. The van der Waals surface area contributed by atoms with Gasteiger partial charge in [-0.2, -0.15) is 0 Å². The van der Waals surface area contributed by atoms with Crippen LogP contribution in [0.3, 0.4) is 0 Å². The van der Waals surface area contributed by atoms with Crippen LogP contribution in [-0.2, 0) is 4.89 Å². The van der Waals surface area contributed by atoms with E-state index in [2.05, 4.69) is 18.7 Å². The molecule has 0 aromatic rings. The second kappa shape index (κ2) is 2.71. The Bertz CT molecular complexity index is 173. The van der Waals surface area contributed by atoms with Crippen molar-refractivity contribution in [2.45, 2.75) is 33.1 Å². The van der Waals surface area contributed by atoms with E-state index in [1.807, 2.05) is 0 Å². The maximum absolute atomic E-state index is 8.42. The van der Waals surface area contributed by atoms with Crippen molar-refractivity contribution >= 4 is 0 Å². The summed E-state index contributed by atoms with van der Waals surface area (Å²) in [6, 6.07) is 0. The van der Waals surface area contributed by atoms with E-state index in [0.29, 0.717) is 17.9 Å². The maximum atomic E-state index is 8.42. The van der Waals surface area contributed by atoms with Crippen molar-refractivity contribution in [3.05, 3.63) is 0 Å². The van der Waals surface area contributed by atoms with Gasteiger partial charge in [0, 0.05) is 0 Å². The van der Waals surface area contributed by atoms with E-state index >= 15 is 0 Å². The first kappa shape index (κ1) is 8.52. The molecule has 3 fully saturated rings. The highest BCUT2D eigenvalue weighted by Crippen LogP contribution is 2.61. The summed E-state index contributed by atoms with van der Waals surface area (Å²) in [4.78, 5) is 4.27. The molecule has 3 atom stereocenters. The molecule has 3 aliphatic carbocycles. The van der Waals surface area contributed by atoms with Gasteiger partial charge in [-0.25, -0.2) is 4.89 Å². The predicted molar refractivity (Wildman–Crippen MR) is 46.7 cm³/mol. The first-order valence-corrected chi connectivity index (χ1v) is 4.92. The lowest BCUT2D eigenvalue weighted by molar-refractivity contribution is -0.268. The molecule has 3 rings (SSSR count). The van der Waals surface area contributed by atoms with Crippen molar-refractivity contribution in [3.8, 4) is 0 Å². The number of hydrogen-bond donors (Lipinski definition) is 1. The molecule has 3 saturated carbocycles. The SMILES string of the molecule is CC1(C)[C@H]2CC[C@@H](COO)[C@@H]1C2. The van der Waals surface area contributed by atoms with Crippen LogP contribution >= 0.6 is 0 Å². The largest absolute Gasteiger partial charge is 0.252 e. The van der Waals surface area contributed by atoms with E-state index in [0.717, 1.165) is 11.8 Å². The monoisotopic (exact) mass is 170 g/mol. The summed E-state index contributed by atoms with van der Waals surface area (Å²) in [5.74, 6) is 2.34. The molecular formula is C10H18O2. The fourth-order valence-corrected chi connectivity index (χ4v) is 3.26. The van der Waals surface area contributed by atoms with Crippen LogP contribution < -0.4 is 0 Å². The minimum Gasteiger partial charge on any atom is -0.252 e. The maximum Gasteiger partial charge on any atom is 0.0850 e. The molecule has 0 aromatic heterocycles. The van der Waals surface area contributed by atoms with E-state index in [1.54, 1.807) is 0 Å². The van der Waals surface area contributed by atoms with Gasteiger partial charge in [-0.3, -0.25) is 5.26 Å². The van der Waals surface area contributed by atoms with Crippen molar-refractivity contribution < 1.29 is 10.1 Å². The highest BCUT2D eigenvalue weighted by Gasteiger charge is 2.54. The van der Waals surface area contributed by atoms with Crippen molar-refractivity contribution in [2.24, 2.45) is 23.2 Å². The Kier molecular flexibility index (Phi) is 1.92. The smallest absolute Gasteiger partial charge is 0.0850 e. The van der Waals surface area contributed by atoms with Gasteiger partial charge < -0.3 is 0 Å². The minimum absolute atomic E-state index is 0.515. The van der Waals surface area contributed by atoms with Gasteiger partial charge in [0.2, 0.25) is 0 Å². The van der Waals surface area contributed by atoms with Crippen molar-refractivity contribution in [2.75, 3.05) is 6.61 Å². The van der Waals surface area contributed by atoms with Crippen LogP contribution in [0.4, 0.5) is 0 Å². The summed E-state index contributed by atoms with van der Waals surface area (Å²) in [7, 11) is 0. The predicted octanol–water partition coefficient (Wildman–Crippen LogP) is 2.55. The van der Waals surface area contributed by atoms with Gasteiger partial charge in [-0.05, 0) is 42.4 Å². The first-order valence-electron chi connectivity index (χ1n) is 4.92. The van der Waals surface area contributed by atoms with E-state index < -0.39 is 0 Å². The van der Waals surface area contributed by atoms with Gasteiger partial charge in [0.05, 0.1) is 6.61 Å². The van der Waals surface area contributed by atoms with Gasteiger partial charge in [0.25, 0.3) is 0 Å². The van der Waals surface area contributed by atoms with Crippen LogP contribution in [0.2, 0.25) is 0 Å². The summed E-state index contributed by atoms with van der Waals surface area (Å²) in [5, 5.41) is 8.42. The minimum atomic E-state index is 0.515. The molecule has 1 N–H and O–H groups in total. The lowest BCUT2D eigenvalue weighted by Crippen LogP contribution is -2.53. The van der Waals surface area contributed by atoms with Crippen LogP contribution in [-0.4, -0.2) is 11.9 Å². The molecule has 2 heteroatoms. The molecule has 0 radical (unpaired) electrons. The molecule has 0 aliphatic heterocycles. The molecule has 0 unspecified atom stereocenters. The Morgan fingerprint density at radius 3 is 2.67 bits per heavy atom. The number of hydrogen-bond acceptors (Lipinski definition) is 2. The molecule has 0 amide bonds. The third-order valence-corrected chi connectivity index (χ3v) is 4.29. The second-order valence-electron chi connectivity index (χ2n) is 4.99. The lowest BCUT2D eigenvalue weighted by atomic mass is 9.46. The Labute approximate surface area is 73.8 Å². The molecule has 0 saturated heterocycles. The Morgan fingerprint density at radius 1 is 1.42 bits per heavy atom. The first-order chi connectivity index (χ1) is 5.66. The average molecular weight is 170 g/mol. The highest BCUT2D eigenvalue weighted by molar-refractivity contribution is 5.02. The standard InChI is InChI=1S/C10H18O2/c1-10(2)8-4-3-7(6-12-11)9(10)5-8/h7-9,11H,3-6H2,1-2H3/t7-,8-,9-/m0/s1. The molecule has 0 aromatic carbocycles. The Hall–Kier alpha value is -0.0800. The van der Waals surface area contributed by atoms with E-state index in [-0.39, 0.29) is 0 Å². The molecule has 2 nitrogen and oxygen atoms in total. The van der Waals surface area contributed by atoms with Crippen LogP contribution in [0.15, 0.2) is 0 Å². The zero-order valence-corrected chi connectivity index (χ0v) is 7.92. The number of fused-ring (bicyclic) bond motifs is 2. The van der Waals surface area contributed by atoms with Crippen LogP contribution in [0, 0.1) is 23.2 Å². The van der Waals surface area contributed by atoms with Gasteiger partial charge in [-0.1, -0.05) is 13.8 Å². The molecule has 70 valence electrons. The molecule has 12 heavy (non-hydrogen) atoms. The van der Waals surface area contributed by atoms with Crippen LogP contribution in [0.25, 0.3) is 0 Å². The summed E-state index contributed by atoms with van der Waals surface area (Å²) in [5.41, 5.74) is 0.515. The molecule has 2 bridgehead atoms. The van der Waals surface area contributed by atoms with Gasteiger partial charge >= 0.3 is 0 Å². The van der Waals surface area contributed by atoms with E-state index in [4.69, 9.17) is 5.26 Å². The topological polar surface area (TPSA) is 29.5 Å². The zero-order valence-electron chi connectivity index (χ0n) is 7.92. The Morgan fingerprint density at radius 2 is 2.17 bits per heavy atom. The third-order valence-electron chi connectivity index (χ3n) is 4.29. The molecule has 3 aliphatic rings. The van der Waals surface area contributed by atoms with Crippen molar-refractivity contribution in [1.29, 1.82) is 0 Å². The van der Waals surface area contributed by atoms with Crippen LogP contribution in [0.5, 0.6) is 0 Å². The summed E-state index contributed by atoms with van der Waals surface area (Å²) >= 11 is 0. The summed E-state index contributed by atoms with van der Waals surface area (Å²) in [6.45, 7) is 5.26. The molecule has 0 heterocycles. The lowest BCUT2D eigenvalue weighted by Gasteiger charge is -2.59. The number of rotatable bonds is 2. The van der Waals surface area contributed by atoms with Gasteiger partial charge in [0.1, 0.15) is 0 Å². The normalized spacial score (nSPS) is 43.8. The quantitative estimate of drug-likeness (QED) is 0.509. The fourth-order valence-electron chi connectivity index (χ4n) is 3.26. The van der Waals surface area contributed by atoms with Gasteiger partial charge in [0.15, 0.2) is 0 Å². The van der Waals surface area contributed by atoms with Crippen molar-refractivity contribution in [3.63, 3.8) is 0 Å². The fraction of sp³-hybridized carbons (Fsp3) is 1.00. The third kappa shape index (κ3) is 1.01. The second-order valence-corrected chi connectivity index (χ2v) is 4.99. The van der Waals surface area contributed by atoms with Crippen LogP contribution in [0.1, 0.15) is 33.1 Å². The summed E-state index contributed by atoms with van der Waals surface area (Å²) < 4.78 is 0. The van der Waals surface area contributed by atoms with E-state index in [1.165, 1.54) is 19.3 Å². The zero-order chi connectivity index (χ0) is 8.77. The Balaban J connectivity index is 2.01. The molecular weight excluding hydrogens is 152 g/mol. The summed E-state index contributed by atoms with van der Waals surface area (Å²) in [6.07, 6.45) is 3.94. The van der Waals surface area contributed by atoms with E-state index in [9.17, 15) is 0 Å². The molecule has 0 spiro atoms. The highest BCUT2D eigenvalue weighted by atomic mass is 17.1. The van der Waals surface area contributed by atoms with Crippen molar-refractivity contribution in [1.82, 2.24) is 0 Å². The van der Waals surface area contributed by atoms with Gasteiger partial charge in [-0.15, -0.1) is 0 Å².